The van der Waals surface area contributed by atoms with E-state index in [1.807, 2.05) is 6.92 Å². The van der Waals surface area contributed by atoms with Gasteiger partial charge in [0.15, 0.2) is 0 Å². The molecule has 5 heteroatoms. The third kappa shape index (κ3) is 4.03. The molecule has 0 bridgehead atoms. The van der Waals surface area contributed by atoms with Gasteiger partial charge in [-0.25, -0.2) is 8.42 Å². The second-order valence-corrected chi connectivity index (χ2v) is 6.92. The van der Waals surface area contributed by atoms with Crippen LogP contribution in [0.15, 0.2) is 0 Å². The molecule has 0 aliphatic carbocycles. The van der Waals surface area contributed by atoms with Crippen molar-refractivity contribution in [3.63, 3.8) is 0 Å². The fourth-order valence-corrected chi connectivity index (χ4v) is 3.89. The molecule has 0 aromatic rings. The number of nitrogens with zero attached hydrogens (tertiary/aromatic N) is 1. The summed E-state index contributed by atoms with van der Waals surface area (Å²) in [7, 11) is -3.01. The van der Waals surface area contributed by atoms with Crippen molar-refractivity contribution in [1.82, 2.24) is 9.62 Å². The van der Waals surface area contributed by atoms with Crippen molar-refractivity contribution in [1.29, 1.82) is 0 Å². The molecule has 1 fully saturated rings. The Hall–Kier alpha value is -0.130. The van der Waals surface area contributed by atoms with E-state index >= 15 is 0 Å². The van der Waals surface area contributed by atoms with Crippen molar-refractivity contribution >= 4 is 10.0 Å². The minimum absolute atomic E-state index is 0.197. The Bertz CT molecular complexity index is 301. The second kappa shape index (κ2) is 5.98. The third-order valence-corrected chi connectivity index (χ3v) is 5.04. The Labute approximate surface area is 99.5 Å². The van der Waals surface area contributed by atoms with Crippen LogP contribution >= 0.6 is 0 Å². The molecule has 96 valence electrons. The number of rotatable bonds is 6. The molecule has 1 saturated heterocycles. The highest BCUT2D eigenvalue weighted by molar-refractivity contribution is 7.89. The highest BCUT2D eigenvalue weighted by Gasteiger charge is 2.30. The summed E-state index contributed by atoms with van der Waals surface area (Å²) < 4.78 is 25.6. The van der Waals surface area contributed by atoms with Crippen molar-refractivity contribution < 1.29 is 8.42 Å². The maximum atomic E-state index is 12.0. The van der Waals surface area contributed by atoms with Crippen molar-refractivity contribution in [3.05, 3.63) is 0 Å². The summed E-state index contributed by atoms with van der Waals surface area (Å²) in [6.45, 7) is 7.62. The lowest BCUT2D eigenvalue weighted by Crippen LogP contribution is -2.36. The van der Waals surface area contributed by atoms with E-state index in [1.165, 1.54) is 0 Å². The standard InChI is InChI=1S/C11H24N2O2S/c1-10(2)12-7-5-9-16(14,15)13-8-4-6-11(13)3/h10-12H,4-9H2,1-3H3. The third-order valence-electron chi connectivity index (χ3n) is 2.98. The molecule has 0 aromatic heterocycles. The smallest absolute Gasteiger partial charge is 0.214 e. The Kier molecular flexibility index (Phi) is 5.21. The fraction of sp³-hybridized carbons (Fsp3) is 1.00. The van der Waals surface area contributed by atoms with Crippen molar-refractivity contribution in [2.75, 3.05) is 18.8 Å². The van der Waals surface area contributed by atoms with Crippen LogP contribution in [0, 0.1) is 0 Å². The zero-order valence-electron chi connectivity index (χ0n) is 10.6. The van der Waals surface area contributed by atoms with Gasteiger partial charge in [-0.3, -0.25) is 0 Å². The lowest BCUT2D eigenvalue weighted by molar-refractivity contribution is 0.407. The van der Waals surface area contributed by atoms with E-state index in [0.717, 1.165) is 19.4 Å². The molecule has 0 aromatic carbocycles. The lowest BCUT2D eigenvalue weighted by atomic mass is 10.3. The normalized spacial score (nSPS) is 23.1. The van der Waals surface area contributed by atoms with E-state index in [1.54, 1.807) is 4.31 Å². The van der Waals surface area contributed by atoms with Gasteiger partial charge in [0.05, 0.1) is 5.75 Å². The van der Waals surface area contributed by atoms with Crippen LogP contribution in [0.4, 0.5) is 0 Å². The number of sulfonamides is 1. The molecule has 0 spiro atoms. The minimum Gasteiger partial charge on any atom is -0.314 e. The summed E-state index contributed by atoms with van der Waals surface area (Å²) in [4.78, 5) is 0. The van der Waals surface area contributed by atoms with Gasteiger partial charge >= 0.3 is 0 Å². The first kappa shape index (κ1) is 13.9. The van der Waals surface area contributed by atoms with Gasteiger partial charge in [0.2, 0.25) is 10.0 Å². The molecule has 4 nitrogen and oxygen atoms in total. The quantitative estimate of drug-likeness (QED) is 0.718. The molecule has 1 heterocycles. The fourth-order valence-electron chi connectivity index (χ4n) is 2.08. The van der Waals surface area contributed by atoms with E-state index in [9.17, 15) is 8.42 Å². The lowest BCUT2D eigenvalue weighted by Gasteiger charge is -2.21. The van der Waals surface area contributed by atoms with Gasteiger partial charge < -0.3 is 5.32 Å². The Morgan fingerprint density at radius 2 is 2.12 bits per heavy atom. The summed E-state index contributed by atoms with van der Waals surface area (Å²) in [6.07, 6.45) is 2.71. The molecule has 0 radical (unpaired) electrons. The molecule has 0 saturated carbocycles. The van der Waals surface area contributed by atoms with Crippen molar-refractivity contribution in [3.8, 4) is 0 Å². The van der Waals surface area contributed by atoms with E-state index in [-0.39, 0.29) is 11.8 Å². The van der Waals surface area contributed by atoms with Gasteiger partial charge in [-0.1, -0.05) is 13.8 Å². The van der Waals surface area contributed by atoms with Crippen LogP contribution in [0.3, 0.4) is 0 Å². The molecule has 16 heavy (non-hydrogen) atoms. The molecule has 1 aliphatic heterocycles. The van der Waals surface area contributed by atoms with Gasteiger partial charge in [0.1, 0.15) is 0 Å². The second-order valence-electron chi connectivity index (χ2n) is 4.88. The first-order valence-electron chi connectivity index (χ1n) is 6.16. The van der Waals surface area contributed by atoms with Crippen LogP contribution in [0.1, 0.15) is 40.0 Å². The highest BCUT2D eigenvalue weighted by Crippen LogP contribution is 2.20. The highest BCUT2D eigenvalue weighted by atomic mass is 32.2. The molecule has 1 atom stereocenters. The van der Waals surface area contributed by atoms with Crippen LogP contribution in [0.5, 0.6) is 0 Å². The van der Waals surface area contributed by atoms with Gasteiger partial charge in [-0.2, -0.15) is 4.31 Å². The molecule has 1 rings (SSSR count). The Morgan fingerprint density at radius 1 is 1.44 bits per heavy atom. The Balaban J connectivity index is 2.34. The average Bonchev–Trinajstić information content (AvgIpc) is 2.59. The zero-order chi connectivity index (χ0) is 12.2. The Morgan fingerprint density at radius 3 is 2.62 bits per heavy atom. The van der Waals surface area contributed by atoms with E-state index in [2.05, 4.69) is 19.2 Å². The van der Waals surface area contributed by atoms with Crippen LogP contribution < -0.4 is 5.32 Å². The number of nitrogens with one attached hydrogen (secondary N) is 1. The molecular formula is C11H24N2O2S. The van der Waals surface area contributed by atoms with Gasteiger partial charge in [0.25, 0.3) is 0 Å². The SMILES string of the molecule is CC(C)NCCCS(=O)(=O)N1CCCC1C. The van der Waals surface area contributed by atoms with E-state index < -0.39 is 10.0 Å². The summed E-state index contributed by atoms with van der Waals surface area (Å²) in [5, 5.41) is 3.24. The summed E-state index contributed by atoms with van der Waals surface area (Å²) in [5.74, 6) is 0.275. The van der Waals surface area contributed by atoms with Gasteiger partial charge in [0, 0.05) is 18.6 Å². The maximum absolute atomic E-state index is 12.0. The van der Waals surface area contributed by atoms with Crippen molar-refractivity contribution in [2.24, 2.45) is 0 Å². The molecule has 1 N–H and O–H groups in total. The minimum atomic E-state index is -3.01. The molecule has 1 unspecified atom stereocenters. The van der Waals surface area contributed by atoms with Crippen LogP contribution in [0.25, 0.3) is 0 Å². The largest absolute Gasteiger partial charge is 0.314 e. The average molecular weight is 248 g/mol. The number of hydrogen-bond acceptors (Lipinski definition) is 3. The molecule has 0 amide bonds. The summed E-state index contributed by atoms with van der Waals surface area (Å²) >= 11 is 0. The van der Waals surface area contributed by atoms with Crippen LogP contribution in [0.2, 0.25) is 0 Å². The van der Waals surface area contributed by atoms with Crippen LogP contribution in [-0.2, 0) is 10.0 Å². The monoisotopic (exact) mass is 248 g/mol. The summed E-state index contributed by atoms with van der Waals surface area (Å²) in [6, 6.07) is 0.622. The summed E-state index contributed by atoms with van der Waals surface area (Å²) in [5.41, 5.74) is 0. The molecular weight excluding hydrogens is 224 g/mol. The van der Waals surface area contributed by atoms with Gasteiger partial charge in [-0.15, -0.1) is 0 Å². The van der Waals surface area contributed by atoms with E-state index in [0.29, 0.717) is 19.0 Å². The number of hydrogen-bond donors (Lipinski definition) is 1. The van der Waals surface area contributed by atoms with E-state index in [4.69, 9.17) is 0 Å². The molecule has 1 aliphatic rings. The predicted octanol–water partition coefficient (Wildman–Crippen LogP) is 1.19. The first-order valence-corrected chi connectivity index (χ1v) is 7.77. The topological polar surface area (TPSA) is 49.4 Å². The predicted molar refractivity (Wildman–Crippen MR) is 66.9 cm³/mol. The van der Waals surface area contributed by atoms with Crippen molar-refractivity contribution in [2.45, 2.75) is 52.1 Å². The first-order chi connectivity index (χ1) is 7.43. The zero-order valence-corrected chi connectivity index (χ0v) is 11.4. The van der Waals surface area contributed by atoms with Crippen LogP contribution in [-0.4, -0.2) is 43.6 Å². The maximum Gasteiger partial charge on any atom is 0.214 e. The van der Waals surface area contributed by atoms with Gasteiger partial charge in [-0.05, 0) is 32.7 Å².